The third-order valence-electron chi connectivity index (χ3n) is 6.07. The van der Waals surface area contributed by atoms with Crippen LogP contribution in [0, 0.1) is 5.82 Å². The number of fused-ring (bicyclic) bond motifs is 1. The maximum Gasteiger partial charge on any atom is 0.282 e. The lowest BCUT2D eigenvalue weighted by atomic mass is 9.89. The van der Waals surface area contributed by atoms with Crippen LogP contribution in [-0.4, -0.2) is 44.3 Å². The standard InChI is InChI=1S/C21H24ClF3N6O/c1-9(2)30-6-5-13(30)14-16(23)12(22)7-11(18(14)32-4)10(3)31-21-15(17(29-31)19(24)25)20(26)27-8-28-21/h7-10,13,19H,5-6H2,1-4H3,(H2,26,27,28). The number of benzene rings is 1. The van der Waals surface area contributed by atoms with Crippen LogP contribution < -0.4 is 10.5 Å². The molecule has 1 fully saturated rings. The van der Waals surface area contributed by atoms with Crippen molar-refractivity contribution in [2.75, 3.05) is 19.4 Å². The first-order valence-electron chi connectivity index (χ1n) is 10.3. The second kappa shape index (κ2) is 8.40. The molecular formula is C21H24ClF3N6O. The molecule has 0 radical (unpaired) electrons. The van der Waals surface area contributed by atoms with Gasteiger partial charge >= 0.3 is 0 Å². The molecule has 0 bridgehead atoms. The van der Waals surface area contributed by atoms with E-state index in [9.17, 15) is 8.78 Å². The molecule has 0 spiro atoms. The summed E-state index contributed by atoms with van der Waals surface area (Å²) in [6.45, 7) is 6.64. The number of ether oxygens (including phenoxy) is 1. The molecule has 3 aromatic rings. The number of rotatable bonds is 6. The van der Waals surface area contributed by atoms with Crippen LogP contribution >= 0.6 is 11.6 Å². The molecule has 1 aliphatic heterocycles. The van der Waals surface area contributed by atoms with Gasteiger partial charge in [0, 0.05) is 29.8 Å². The molecule has 2 aromatic heterocycles. The summed E-state index contributed by atoms with van der Waals surface area (Å²) in [7, 11) is 1.45. The van der Waals surface area contributed by atoms with Gasteiger partial charge in [0.15, 0.2) is 5.65 Å². The van der Waals surface area contributed by atoms with Crippen LogP contribution in [0.2, 0.25) is 5.02 Å². The van der Waals surface area contributed by atoms with Crippen molar-refractivity contribution in [1.29, 1.82) is 0 Å². The highest BCUT2D eigenvalue weighted by Crippen LogP contribution is 2.46. The van der Waals surface area contributed by atoms with Gasteiger partial charge in [0.2, 0.25) is 0 Å². The number of nitrogens with two attached hydrogens (primary N) is 1. The Labute approximate surface area is 188 Å². The van der Waals surface area contributed by atoms with Crippen LogP contribution in [0.3, 0.4) is 0 Å². The number of aromatic nitrogens is 4. The van der Waals surface area contributed by atoms with Crippen molar-refractivity contribution in [3.63, 3.8) is 0 Å². The van der Waals surface area contributed by atoms with Crippen LogP contribution in [0.1, 0.15) is 62.5 Å². The quantitative estimate of drug-likeness (QED) is 0.553. The van der Waals surface area contributed by atoms with Crippen LogP contribution in [0.25, 0.3) is 11.0 Å². The number of hydrogen-bond acceptors (Lipinski definition) is 6. The molecule has 0 saturated carbocycles. The van der Waals surface area contributed by atoms with E-state index >= 15 is 4.39 Å². The minimum Gasteiger partial charge on any atom is -0.496 e. The average Bonchev–Trinajstić information content (AvgIpc) is 3.10. The fourth-order valence-corrected chi connectivity index (χ4v) is 4.62. The van der Waals surface area contributed by atoms with Crippen molar-refractivity contribution in [3.05, 3.63) is 40.1 Å². The van der Waals surface area contributed by atoms with E-state index < -0.39 is 24.0 Å². The van der Waals surface area contributed by atoms with Gasteiger partial charge in [0.25, 0.3) is 6.43 Å². The average molecular weight is 469 g/mol. The Bertz CT molecular complexity index is 1170. The summed E-state index contributed by atoms with van der Waals surface area (Å²) in [5.41, 5.74) is 6.35. The largest absolute Gasteiger partial charge is 0.496 e. The lowest BCUT2D eigenvalue weighted by molar-refractivity contribution is 0.0517. The Morgan fingerprint density at radius 1 is 1.25 bits per heavy atom. The summed E-state index contributed by atoms with van der Waals surface area (Å²) in [4.78, 5) is 10.1. The normalized spacial score (nSPS) is 17.9. The van der Waals surface area contributed by atoms with Gasteiger partial charge in [-0.3, -0.25) is 4.90 Å². The number of likely N-dealkylation sites (tertiary alicyclic amines) is 1. The Hall–Kier alpha value is -2.59. The zero-order chi connectivity index (χ0) is 23.3. The lowest BCUT2D eigenvalue weighted by Crippen LogP contribution is -2.45. The molecule has 11 heteroatoms. The van der Waals surface area contributed by atoms with Crippen molar-refractivity contribution in [2.24, 2.45) is 0 Å². The summed E-state index contributed by atoms with van der Waals surface area (Å²) in [5, 5.41) is 4.01. The van der Waals surface area contributed by atoms with Gasteiger partial charge in [-0.05, 0) is 33.3 Å². The second-order valence-corrected chi connectivity index (χ2v) is 8.52. The molecule has 32 heavy (non-hydrogen) atoms. The molecule has 7 nitrogen and oxygen atoms in total. The molecule has 0 aliphatic carbocycles. The van der Waals surface area contributed by atoms with E-state index in [1.54, 1.807) is 6.92 Å². The molecule has 1 saturated heterocycles. The number of alkyl halides is 2. The number of halogens is 4. The van der Waals surface area contributed by atoms with E-state index in [1.807, 2.05) is 13.8 Å². The van der Waals surface area contributed by atoms with Gasteiger partial charge in [0.1, 0.15) is 29.4 Å². The van der Waals surface area contributed by atoms with Crippen LogP contribution in [0.15, 0.2) is 12.4 Å². The first-order valence-corrected chi connectivity index (χ1v) is 10.6. The Morgan fingerprint density at radius 3 is 2.53 bits per heavy atom. The van der Waals surface area contributed by atoms with E-state index in [0.717, 1.165) is 13.0 Å². The second-order valence-electron chi connectivity index (χ2n) is 8.11. The van der Waals surface area contributed by atoms with E-state index in [0.29, 0.717) is 16.9 Å². The lowest BCUT2D eigenvalue weighted by Gasteiger charge is -2.45. The van der Waals surface area contributed by atoms with Crippen molar-refractivity contribution >= 4 is 28.5 Å². The molecule has 172 valence electrons. The predicted molar refractivity (Wildman–Crippen MR) is 116 cm³/mol. The number of hydrogen-bond donors (Lipinski definition) is 1. The topological polar surface area (TPSA) is 82.1 Å². The summed E-state index contributed by atoms with van der Waals surface area (Å²) in [6.07, 6.45) is -0.931. The Kier molecular flexibility index (Phi) is 5.93. The van der Waals surface area contributed by atoms with Crippen molar-refractivity contribution in [2.45, 2.75) is 51.7 Å². The molecule has 0 amide bonds. The molecule has 4 rings (SSSR count). The van der Waals surface area contributed by atoms with E-state index in [2.05, 4.69) is 20.0 Å². The number of anilines is 1. The van der Waals surface area contributed by atoms with Crippen LogP contribution in [0.4, 0.5) is 19.0 Å². The molecule has 3 heterocycles. The van der Waals surface area contributed by atoms with Crippen molar-refractivity contribution < 1.29 is 17.9 Å². The minimum atomic E-state index is -2.87. The smallest absolute Gasteiger partial charge is 0.282 e. The molecule has 2 N–H and O–H groups in total. The molecule has 2 atom stereocenters. The zero-order valence-corrected chi connectivity index (χ0v) is 18.9. The fourth-order valence-electron chi connectivity index (χ4n) is 4.40. The highest BCUT2D eigenvalue weighted by atomic mass is 35.5. The van der Waals surface area contributed by atoms with E-state index in [4.69, 9.17) is 22.1 Å². The number of nitrogen functional groups attached to an aromatic ring is 1. The maximum absolute atomic E-state index is 15.2. The minimum absolute atomic E-state index is 0.00766. The number of methoxy groups -OCH3 is 1. The number of nitrogens with zero attached hydrogens (tertiary/aromatic N) is 5. The van der Waals surface area contributed by atoms with E-state index in [-0.39, 0.29) is 34.0 Å². The van der Waals surface area contributed by atoms with Gasteiger partial charge in [-0.15, -0.1) is 0 Å². The Morgan fingerprint density at radius 2 is 1.97 bits per heavy atom. The van der Waals surface area contributed by atoms with Gasteiger partial charge in [-0.2, -0.15) is 5.10 Å². The molecular weight excluding hydrogens is 445 g/mol. The first-order chi connectivity index (χ1) is 15.2. The third-order valence-corrected chi connectivity index (χ3v) is 6.34. The summed E-state index contributed by atoms with van der Waals surface area (Å²) in [6, 6.07) is 0.806. The summed E-state index contributed by atoms with van der Waals surface area (Å²) >= 11 is 6.29. The van der Waals surface area contributed by atoms with Crippen LogP contribution in [-0.2, 0) is 0 Å². The van der Waals surface area contributed by atoms with Gasteiger partial charge in [0.05, 0.1) is 23.6 Å². The predicted octanol–water partition coefficient (Wildman–Crippen LogP) is 4.91. The molecule has 1 aliphatic rings. The molecule has 2 unspecified atom stereocenters. The van der Waals surface area contributed by atoms with Gasteiger partial charge < -0.3 is 10.5 Å². The Balaban J connectivity index is 1.91. The third kappa shape index (κ3) is 3.45. The zero-order valence-electron chi connectivity index (χ0n) is 18.1. The van der Waals surface area contributed by atoms with Crippen LogP contribution in [0.5, 0.6) is 5.75 Å². The SMILES string of the molecule is COc1c(C(C)n2nc(C(F)F)c3c(N)ncnc32)cc(Cl)c(F)c1C1CCN1C(C)C. The highest BCUT2D eigenvalue weighted by Gasteiger charge is 2.38. The summed E-state index contributed by atoms with van der Waals surface area (Å²) < 4.78 is 49.6. The first kappa shape index (κ1) is 22.6. The van der Waals surface area contributed by atoms with Gasteiger partial charge in [-0.1, -0.05) is 11.6 Å². The van der Waals surface area contributed by atoms with Crippen molar-refractivity contribution in [1.82, 2.24) is 24.6 Å². The van der Waals surface area contributed by atoms with E-state index in [1.165, 1.54) is 24.2 Å². The van der Waals surface area contributed by atoms with Crippen molar-refractivity contribution in [3.8, 4) is 5.75 Å². The highest BCUT2D eigenvalue weighted by molar-refractivity contribution is 6.31. The molecule has 1 aromatic carbocycles. The summed E-state index contributed by atoms with van der Waals surface area (Å²) in [5.74, 6) is -0.311. The maximum atomic E-state index is 15.2. The monoisotopic (exact) mass is 468 g/mol. The van der Waals surface area contributed by atoms with Gasteiger partial charge in [-0.25, -0.2) is 27.8 Å². The fraction of sp³-hybridized carbons (Fsp3) is 0.476.